The molecule has 1 atom stereocenters. The summed E-state index contributed by atoms with van der Waals surface area (Å²) in [7, 11) is 5.72. The molecule has 0 saturated carbocycles. The molecule has 7 nitrogen and oxygen atoms in total. The number of nitrogens with one attached hydrogen (secondary N) is 1. The molecule has 1 heterocycles. The summed E-state index contributed by atoms with van der Waals surface area (Å²) in [4.78, 5) is 44.3. The standard InChI is InChI=1S/C23H28N4O3/c1-25(2)14-9-15-26(3)20(28)16-27-19-13-8-7-12-18(19)22(29)24-21(23(27)30)17-10-5-4-6-11-17/h4-8,10-13,21H,9,14-16H2,1-3H3,(H,24,29). The first kappa shape index (κ1) is 21.5. The Morgan fingerprint density at radius 1 is 0.967 bits per heavy atom. The van der Waals surface area contributed by atoms with Gasteiger partial charge in [-0.1, -0.05) is 42.5 Å². The largest absolute Gasteiger partial charge is 0.344 e. The molecule has 1 N–H and O–H groups in total. The molecule has 0 aromatic heterocycles. The highest BCUT2D eigenvalue weighted by Gasteiger charge is 2.35. The van der Waals surface area contributed by atoms with Gasteiger partial charge in [0.25, 0.3) is 11.8 Å². The van der Waals surface area contributed by atoms with Gasteiger partial charge in [-0.2, -0.15) is 0 Å². The van der Waals surface area contributed by atoms with E-state index in [9.17, 15) is 14.4 Å². The van der Waals surface area contributed by atoms with Crippen molar-refractivity contribution in [1.82, 2.24) is 15.1 Å². The third kappa shape index (κ3) is 4.86. The molecule has 30 heavy (non-hydrogen) atoms. The zero-order valence-electron chi connectivity index (χ0n) is 17.7. The zero-order valence-corrected chi connectivity index (χ0v) is 17.7. The van der Waals surface area contributed by atoms with Crippen LogP contribution in [0.1, 0.15) is 28.4 Å². The number of amides is 3. The Bertz CT molecular complexity index is 914. The summed E-state index contributed by atoms with van der Waals surface area (Å²) in [5.74, 6) is -0.824. The van der Waals surface area contributed by atoms with E-state index in [-0.39, 0.29) is 24.3 Å². The van der Waals surface area contributed by atoms with Gasteiger partial charge >= 0.3 is 0 Å². The van der Waals surface area contributed by atoms with Gasteiger partial charge in [-0.3, -0.25) is 14.4 Å². The molecule has 0 aliphatic carbocycles. The number of para-hydroxylation sites is 1. The summed E-state index contributed by atoms with van der Waals surface area (Å²) in [6.45, 7) is 1.35. The molecule has 0 fully saturated rings. The number of nitrogens with zero attached hydrogens (tertiary/aromatic N) is 3. The smallest absolute Gasteiger partial charge is 0.254 e. The number of fused-ring (bicyclic) bond motifs is 1. The summed E-state index contributed by atoms with van der Waals surface area (Å²) in [6, 6.07) is 15.1. The molecule has 1 aliphatic rings. The minimum Gasteiger partial charge on any atom is -0.344 e. The Morgan fingerprint density at radius 2 is 1.63 bits per heavy atom. The molecular weight excluding hydrogens is 380 g/mol. The normalized spacial score (nSPS) is 16.1. The lowest BCUT2D eigenvalue weighted by molar-refractivity contribution is -0.130. The fraction of sp³-hybridized carbons (Fsp3) is 0.348. The van der Waals surface area contributed by atoms with Gasteiger partial charge < -0.3 is 20.0 Å². The van der Waals surface area contributed by atoms with Gasteiger partial charge in [0.1, 0.15) is 12.6 Å². The van der Waals surface area contributed by atoms with Crippen LogP contribution in [-0.2, 0) is 9.59 Å². The van der Waals surface area contributed by atoms with Crippen LogP contribution in [0.5, 0.6) is 0 Å². The van der Waals surface area contributed by atoms with Gasteiger partial charge in [-0.15, -0.1) is 0 Å². The molecule has 3 rings (SSSR count). The van der Waals surface area contributed by atoms with Crippen LogP contribution >= 0.6 is 0 Å². The van der Waals surface area contributed by atoms with E-state index >= 15 is 0 Å². The lowest BCUT2D eigenvalue weighted by Crippen LogP contribution is -2.45. The number of rotatable bonds is 7. The molecule has 1 unspecified atom stereocenters. The third-order valence-corrected chi connectivity index (χ3v) is 5.18. The second-order valence-corrected chi connectivity index (χ2v) is 7.73. The van der Waals surface area contributed by atoms with Crippen LogP contribution in [0, 0.1) is 0 Å². The van der Waals surface area contributed by atoms with Crippen LogP contribution in [-0.4, -0.2) is 68.3 Å². The van der Waals surface area contributed by atoms with Gasteiger partial charge in [0, 0.05) is 13.6 Å². The number of carbonyl (C=O) groups is 3. The van der Waals surface area contributed by atoms with Gasteiger partial charge in [-0.25, -0.2) is 0 Å². The SMILES string of the molecule is CN(C)CCCN(C)C(=O)CN1C(=O)C(c2ccccc2)NC(=O)c2ccccc21. The summed E-state index contributed by atoms with van der Waals surface area (Å²) < 4.78 is 0. The topological polar surface area (TPSA) is 73.0 Å². The van der Waals surface area contributed by atoms with E-state index in [1.54, 1.807) is 48.3 Å². The molecule has 7 heteroatoms. The molecule has 0 radical (unpaired) electrons. The van der Waals surface area contributed by atoms with Crippen molar-refractivity contribution < 1.29 is 14.4 Å². The van der Waals surface area contributed by atoms with E-state index in [0.29, 0.717) is 23.4 Å². The van der Waals surface area contributed by atoms with Crippen LogP contribution in [0.15, 0.2) is 54.6 Å². The lowest BCUT2D eigenvalue weighted by atomic mass is 10.1. The fourth-order valence-electron chi connectivity index (χ4n) is 3.49. The lowest BCUT2D eigenvalue weighted by Gasteiger charge is -2.27. The Kier molecular flexibility index (Phi) is 6.84. The Labute approximate surface area is 177 Å². The van der Waals surface area contributed by atoms with Crippen LogP contribution in [0.4, 0.5) is 5.69 Å². The van der Waals surface area contributed by atoms with Crippen molar-refractivity contribution in [2.45, 2.75) is 12.5 Å². The van der Waals surface area contributed by atoms with Crippen molar-refractivity contribution in [2.75, 3.05) is 45.7 Å². The predicted molar refractivity (Wildman–Crippen MR) is 116 cm³/mol. The van der Waals surface area contributed by atoms with Crippen molar-refractivity contribution in [3.8, 4) is 0 Å². The van der Waals surface area contributed by atoms with Crippen molar-refractivity contribution in [2.24, 2.45) is 0 Å². The highest BCUT2D eigenvalue weighted by Crippen LogP contribution is 2.29. The van der Waals surface area contributed by atoms with E-state index in [0.717, 1.165) is 13.0 Å². The molecule has 3 amide bonds. The van der Waals surface area contributed by atoms with Crippen LogP contribution in [0.3, 0.4) is 0 Å². The number of benzene rings is 2. The average molecular weight is 409 g/mol. The highest BCUT2D eigenvalue weighted by molar-refractivity contribution is 6.12. The quantitative estimate of drug-likeness (QED) is 0.760. The Hall–Kier alpha value is -3.19. The zero-order chi connectivity index (χ0) is 21.7. The van der Waals surface area contributed by atoms with E-state index in [4.69, 9.17) is 0 Å². The van der Waals surface area contributed by atoms with Crippen molar-refractivity contribution in [1.29, 1.82) is 0 Å². The number of hydrogen-bond donors (Lipinski definition) is 1. The van der Waals surface area contributed by atoms with E-state index in [1.807, 2.05) is 32.3 Å². The van der Waals surface area contributed by atoms with Crippen LogP contribution in [0.2, 0.25) is 0 Å². The molecule has 0 bridgehead atoms. The third-order valence-electron chi connectivity index (χ3n) is 5.18. The van der Waals surface area contributed by atoms with Gasteiger partial charge in [0.2, 0.25) is 5.91 Å². The fourth-order valence-corrected chi connectivity index (χ4v) is 3.49. The van der Waals surface area contributed by atoms with Gasteiger partial charge in [0.05, 0.1) is 11.3 Å². The maximum absolute atomic E-state index is 13.4. The monoisotopic (exact) mass is 408 g/mol. The molecule has 158 valence electrons. The number of hydrogen-bond acceptors (Lipinski definition) is 4. The van der Waals surface area contributed by atoms with Crippen LogP contribution < -0.4 is 10.2 Å². The minimum absolute atomic E-state index is 0.118. The summed E-state index contributed by atoms with van der Waals surface area (Å²) in [5, 5.41) is 2.82. The van der Waals surface area contributed by atoms with Crippen molar-refractivity contribution in [3.63, 3.8) is 0 Å². The molecule has 2 aromatic rings. The van der Waals surface area contributed by atoms with E-state index < -0.39 is 6.04 Å². The minimum atomic E-state index is -0.849. The van der Waals surface area contributed by atoms with E-state index in [1.165, 1.54) is 4.90 Å². The summed E-state index contributed by atoms with van der Waals surface area (Å²) >= 11 is 0. The van der Waals surface area contributed by atoms with Crippen molar-refractivity contribution in [3.05, 3.63) is 65.7 Å². The first-order valence-electron chi connectivity index (χ1n) is 10.0. The maximum atomic E-state index is 13.4. The molecular formula is C23H28N4O3. The summed E-state index contributed by atoms with van der Waals surface area (Å²) in [5.41, 5.74) is 1.52. The number of anilines is 1. The first-order valence-corrected chi connectivity index (χ1v) is 10.0. The van der Waals surface area contributed by atoms with Gasteiger partial charge in [-0.05, 0) is 44.8 Å². The average Bonchev–Trinajstić information content (AvgIpc) is 2.84. The molecule has 2 aromatic carbocycles. The van der Waals surface area contributed by atoms with Crippen molar-refractivity contribution >= 4 is 23.4 Å². The molecule has 0 spiro atoms. The van der Waals surface area contributed by atoms with Crippen LogP contribution in [0.25, 0.3) is 0 Å². The second-order valence-electron chi connectivity index (χ2n) is 7.73. The van der Waals surface area contributed by atoms with E-state index in [2.05, 4.69) is 10.2 Å². The maximum Gasteiger partial charge on any atom is 0.254 e. The number of carbonyl (C=O) groups excluding carboxylic acids is 3. The summed E-state index contributed by atoms with van der Waals surface area (Å²) in [6.07, 6.45) is 0.840. The molecule has 0 saturated heterocycles. The molecule has 1 aliphatic heterocycles. The second kappa shape index (κ2) is 9.54. The Balaban J connectivity index is 1.87. The number of likely N-dealkylation sites (N-methyl/N-ethyl adjacent to an activating group) is 1. The Morgan fingerprint density at radius 3 is 2.33 bits per heavy atom. The highest BCUT2D eigenvalue weighted by atomic mass is 16.2. The first-order chi connectivity index (χ1) is 14.4. The predicted octanol–water partition coefficient (Wildman–Crippen LogP) is 1.91. The van der Waals surface area contributed by atoms with Gasteiger partial charge in [0.15, 0.2) is 0 Å².